The molecule has 1 N–H and O–H groups in total. The Morgan fingerprint density at radius 1 is 1.00 bits per heavy atom. The Morgan fingerprint density at radius 2 is 1.60 bits per heavy atom. The fourth-order valence-corrected chi connectivity index (χ4v) is 2.10. The van der Waals surface area contributed by atoms with E-state index in [1.165, 1.54) is 0 Å². The van der Waals surface area contributed by atoms with Crippen LogP contribution < -0.4 is 0 Å². The monoisotopic (exact) mass is 328 g/mol. The molecular weight excluding hydrogens is 324 g/mol. The minimum absolute atomic E-state index is 0.303. The summed E-state index contributed by atoms with van der Waals surface area (Å²) in [5, 5.41) is 10.8. The van der Waals surface area contributed by atoms with Gasteiger partial charge in [0.1, 0.15) is 0 Å². The van der Waals surface area contributed by atoms with E-state index in [4.69, 9.17) is 5.11 Å². The SMILES string of the molecule is O=C(O)c1ccc2cc(Br)c(Br)cc2c1. The van der Waals surface area contributed by atoms with E-state index in [0.29, 0.717) is 5.56 Å². The van der Waals surface area contributed by atoms with Crippen molar-refractivity contribution in [3.8, 4) is 0 Å². The fourth-order valence-electron chi connectivity index (χ4n) is 1.38. The topological polar surface area (TPSA) is 37.3 Å². The molecule has 0 fully saturated rings. The molecule has 0 amide bonds. The lowest BCUT2D eigenvalue weighted by Gasteiger charge is -2.02. The molecule has 0 radical (unpaired) electrons. The van der Waals surface area contributed by atoms with Gasteiger partial charge in [-0.25, -0.2) is 4.79 Å². The molecule has 0 aliphatic carbocycles. The average Bonchev–Trinajstić information content (AvgIpc) is 2.19. The number of carboxylic acid groups (broad SMARTS) is 1. The van der Waals surface area contributed by atoms with Gasteiger partial charge in [0.2, 0.25) is 0 Å². The lowest BCUT2D eigenvalue weighted by Crippen LogP contribution is -1.95. The van der Waals surface area contributed by atoms with Crippen LogP contribution in [0.2, 0.25) is 0 Å². The second kappa shape index (κ2) is 3.94. The van der Waals surface area contributed by atoms with Crippen molar-refractivity contribution in [2.45, 2.75) is 0 Å². The number of hydrogen-bond acceptors (Lipinski definition) is 1. The third kappa shape index (κ3) is 2.06. The van der Waals surface area contributed by atoms with Crippen molar-refractivity contribution in [2.75, 3.05) is 0 Å². The molecule has 0 aliphatic heterocycles. The van der Waals surface area contributed by atoms with Crippen molar-refractivity contribution < 1.29 is 9.90 Å². The van der Waals surface area contributed by atoms with E-state index in [2.05, 4.69) is 31.9 Å². The van der Waals surface area contributed by atoms with Crippen LogP contribution in [0, 0.1) is 0 Å². The Kier molecular flexibility index (Phi) is 2.80. The van der Waals surface area contributed by atoms with Gasteiger partial charge >= 0.3 is 5.97 Å². The molecule has 0 aliphatic rings. The van der Waals surface area contributed by atoms with Crippen LogP contribution in [0.3, 0.4) is 0 Å². The molecule has 2 aromatic rings. The van der Waals surface area contributed by atoms with E-state index < -0.39 is 5.97 Å². The van der Waals surface area contributed by atoms with Crippen LogP contribution in [0.1, 0.15) is 10.4 Å². The maximum atomic E-state index is 10.8. The fraction of sp³-hybridized carbons (Fsp3) is 0. The summed E-state index contributed by atoms with van der Waals surface area (Å²) < 4.78 is 1.87. The van der Waals surface area contributed by atoms with Crippen molar-refractivity contribution in [3.63, 3.8) is 0 Å². The Morgan fingerprint density at radius 3 is 2.20 bits per heavy atom. The van der Waals surface area contributed by atoms with E-state index in [9.17, 15) is 4.79 Å². The number of carbonyl (C=O) groups is 1. The zero-order valence-corrected chi connectivity index (χ0v) is 10.7. The summed E-state index contributed by atoms with van der Waals surface area (Å²) in [6, 6.07) is 8.91. The highest BCUT2D eigenvalue weighted by atomic mass is 79.9. The van der Waals surface area contributed by atoms with Crippen LogP contribution >= 0.6 is 31.9 Å². The van der Waals surface area contributed by atoms with Gasteiger partial charge in [-0.1, -0.05) is 6.07 Å². The molecule has 0 heterocycles. The summed E-state index contributed by atoms with van der Waals surface area (Å²) in [6.07, 6.45) is 0. The molecule has 2 aromatic carbocycles. The summed E-state index contributed by atoms with van der Waals surface area (Å²) in [4.78, 5) is 10.8. The molecule has 4 heteroatoms. The molecule has 0 unspecified atom stereocenters. The van der Waals surface area contributed by atoms with Gasteiger partial charge in [-0.15, -0.1) is 0 Å². The van der Waals surface area contributed by atoms with E-state index in [0.717, 1.165) is 19.7 Å². The number of fused-ring (bicyclic) bond motifs is 1. The van der Waals surface area contributed by atoms with Crippen LogP contribution in [-0.2, 0) is 0 Å². The van der Waals surface area contributed by atoms with E-state index in [1.54, 1.807) is 18.2 Å². The minimum atomic E-state index is -0.907. The molecule has 2 rings (SSSR count). The number of halogens is 2. The number of carboxylic acids is 1. The molecular formula is C11H6Br2O2. The summed E-state index contributed by atoms with van der Waals surface area (Å²) in [5.41, 5.74) is 0.303. The zero-order valence-electron chi connectivity index (χ0n) is 7.50. The molecule has 15 heavy (non-hydrogen) atoms. The van der Waals surface area contributed by atoms with Crippen molar-refractivity contribution in [2.24, 2.45) is 0 Å². The van der Waals surface area contributed by atoms with Gasteiger partial charge in [0.25, 0.3) is 0 Å². The van der Waals surface area contributed by atoms with Crippen LogP contribution in [0.5, 0.6) is 0 Å². The lowest BCUT2D eigenvalue weighted by molar-refractivity contribution is 0.0697. The van der Waals surface area contributed by atoms with Gasteiger partial charge in [0, 0.05) is 8.95 Å². The third-order valence-corrected chi connectivity index (χ3v) is 3.97. The Labute approximate surface area is 103 Å². The van der Waals surface area contributed by atoms with Crippen LogP contribution in [0.15, 0.2) is 39.3 Å². The predicted molar refractivity (Wildman–Crippen MR) is 66.3 cm³/mol. The third-order valence-electron chi connectivity index (χ3n) is 2.13. The first-order chi connectivity index (χ1) is 7.08. The molecule has 0 aromatic heterocycles. The first kappa shape index (κ1) is 10.6. The van der Waals surface area contributed by atoms with Gasteiger partial charge in [0.05, 0.1) is 5.56 Å². The van der Waals surface area contributed by atoms with Crippen molar-refractivity contribution in [1.29, 1.82) is 0 Å². The van der Waals surface area contributed by atoms with Gasteiger partial charge in [-0.2, -0.15) is 0 Å². The number of aromatic carboxylic acids is 1. The predicted octanol–water partition coefficient (Wildman–Crippen LogP) is 4.06. The highest BCUT2D eigenvalue weighted by Crippen LogP contribution is 2.29. The number of benzene rings is 2. The van der Waals surface area contributed by atoms with Crippen LogP contribution in [-0.4, -0.2) is 11.1 Å². The summed E-state index contributed by atoms with van der Waals surface area (Å²) in [5.74, 6) is -0.907. The van der Waals surface area contributed by atoms with E-state index in [-0.39, 0.29) is 0 Å². The van der Waals surface area contributed by atoms with Crippen molar-refractivity contribution in [1.82, 2.24) is 0 Å². The Balaban J connectivity index is 2.72. The molecule has 0 saturated heterocycles. The molecule has 2 nitrogen and oxygen atoms in total. The highest BCUT2D eigenvalue weighted by molar-refractivity contribution is 9.13. The molecule has 76 valence electrons. The largest absolute Gasteiger partial charge is 0.478 e. The van der Waals surface area contributed by atoms with Gasteiger partial charge in [-0.3, -0.25) is 0 Å². The molecule has 0 atom stereocenters. The Bertz CT molecular complexity index is 550. The maximum Gasteiger partial charge on any atom is 0.335 e. The summed E-state index contributed by atoms with van der Waals surface area (Å²) in [7, 11) is 0. The molecule has 0 saturated carbocycles. The van der Waals surface area contributed by atoms with Gasteiger partial charge < -0.3 is 5.11 Å². The first-order valence-corrected chi connectivity index (χ1v) is 5.78. The smallest absolute Gasteiger partial charge is 0.335 e. The van der Waals surface area contributed by atoms with Crippen molar-refractivity contribution in [3.05, 3.63) is 44.8 Å². The normalized spacial score (nSPS) is 10.5. The lowest BCUT2D eigenvalue weighted by atomic mass is 10.1. The number of hydrogen-bond donors (Lipinski definition) is 1. The van der Waals surface area contributed by atoms with E-state index in [1.807, 2.05) is 12.1 Å². The maximum absolute atomic E-state index is 10.8. The standard InChI is InChI=1S/C11H6Br2O2/c12-9-4-6-1-2-7(11(14)15)3-8(6)5-10(9)13/h1-5H,(H,14,15). The minimum Gasteiger partial charge on any atom is -0.478 e. The summed E-state index contributed by atoms with van der Waals surface area (Å²) >= 11 is 6.78. The second-order valence-corrected chi connectivity index (χ2v) is 4.84. The average molecular weight is 330 g/mol. The van der Waals surface area contributed by atoms with Crippen LogP contribution in [0.25, 0.3) is 10.8 Å². The van der Waals surface area contributed by atoms with Crippen molar-refractivity contribution >= 4 is 48.6 Å². The first-order valence-electron chi connectivity index (χ1n) is 4.20. The van der Waals surface area contributed by atoms with Gasteiger partial charge in [-0.05, 0) is 66.9 Å². The van der Waals surface area contributed by atoms with E-state index >= 15 is 0 Å². The molecule has 0 bridgehead atoms. The zero-order chi connectivity index (χ0) is 11.0. The van der Waals surface area contributed by atoms with Crippen LogP contribution in [0.4, 0.5) is 0 Å². The molecule has 0 spiro atoms. The highest BCUT2D eigenvalue weighted by Gasteiger charge is 2.05. The quantitative estimate of drug-likeness (QED) is 0.856. The van der Waals surface area contributed by atoms with Gasteiger partial charge in [0.15, 0.2) is 0 Å². The Hall–Kier alpha value is -0.870. The number of rotatable bonds is 1. The second-order valence-electron chi connectivity index (χ2n) is 3.13. The summed E-state index contributed by atoms with van der Waals surface area (Å²) in [6.45, 7) is 0.